The molecule has 0 bridgehead atoms. The minimum Gasteiger partial charge on any atom is -0.340 e. The van der Waals surface area contributed by atoms with Crippen molar-refractivity contribution in [2.24, 2.45) is 0 Å². The van der Waals surface area contributed by atoms with Crippen molar-refractivity contribution < 1.29 is 18.0 Å². The Kier molecular flexibility index (Phi) is 4.85. The van der Waals surface area contributed by atoms with Gasteiger partial charge in [0.05, 0.1) is 0 Å². The molecule has 1 amide bonds. The van der Waals surface area contributed by atoms with Crippen LogP contribution in [-0.4, -0.2) is 18.1 Å². The number of amides is 1. The zero-order chi connectivity index (χ0) is 16.2. The number of carbonyl (C=O) groups is 1. The van der Waals surface area contributed by atoms with E-state index in [4.69, 9.17) is 0 Å². The van der Waals surface area contributed by atoms with Crippen LogP contribution in [0.2, 0.25) is 0 Å². The normalized spacial score (nSPS) is 12.7. The summed E-state index contributed by atoms with van der Waals surface area (Å²) in [6.45, 7) is 1.75. The maximum absolute atomic E-state index is 13.2. The van der Waals surface area contributed by atoms with Crippen LogP contribution in [-0.2, 0) is 6.42 Å². The monoisotopic (exact) mass is 307 g/mol. The number of rotatable bonds is 4. The Balaban J connectivity index is 2.18. The molecule has 2 nitrogen and oxygen atoms in total. The lowest BCUT2D eigenvalue weighted by Gasteiger charge is -2.22. The van der Waals surface area contributed by atoms with E-state index in [-0.39, 0.29) is 12.0 Å². The second-order valence-electron chi connectivity index (χ2n) is 5.06. The Morgan fingerprint density at radius 3 is 2.23 bits per heavy atom. The molecule has 0 fully saturated rings. The van der Waals surface area contributed by atoms with E-state index >= 15 is 0 Å². The second-order valence-corrected chi connectivity index (χ2v) is 5.06. The Hall–Kier alpha value is -2.30. The minimum atomic E-state index is -4.51. The third-order valence-electron chi connectivity index (χ3n) is 3.42. The van der Waals surface area contributed by atoms with Crippen LogP contribution in [0.3, 0.4) is 0 Å². The minimum absolute atomic E-state index is 0.210. The van der Waals surface area contributed by atoms with Gasteiger partial charge in [-0.3, -0.25) is 4.79 Å². The van der Waals surface area contributed by atoms with Gasteiger partial charge in [-0.15, -0.1) is 0 Å². The number of benzene rings is 2. The van der Waals surface area contributed by atoms with Crippen LogP contribution in [0.4, 0.5) is 13.2 Å². The van der Waals surface area contributed by atoms with E-state index in [1.807, 2.05) is 0 Å². The van der Waals surface area contributed by atoms with Crippen LogP contribution in [0.5, 0.6) is 0 Å². The molecule has 0 heterocycles. The Morgan fingerprint density at radius 1 is 1.05 bits per heavy atom. The summed E-state index contributed by atoms with van der Waals surface area (Å²) in [5.41, 5.74) is 1.55. The maximum Gasteiger partial charge on any atom is 0.408 e. The molecule has 0 saturated heterocycles. The highest BCUT2D eigenvalue weighted by molar-refractivity contribution is 5.94. The summed E-state index contributed by atoms with van der Waals surface area (Å²) in [5.74, 6) is -0.725. The molecular weight excluding hydrogens is 291 g/mol. The zero-order valence-electron chi connectivity index (χ0n) is 12.0. The molecule has 1 atom stereocenters. The van der Waals surface area contributed by atoms with Crippen molar-refractivity contribution in [3.05, 3.63) is 71.3 Å². The molecule has 2 rings (SSSR count). The van der Waals surface area contributed by atoms with Gasteiger partial charge in [0.1, 0.15) is 6.04 Å². The van der Waals surface area contributed by atoms with Gasteiger partial charge in [0.15, 0.2) is 0 Å². The molecule has 2 aromatic rings. The lowest BCUT2D eigenvalue weighted by Crippen LogP contribution is -2.46. The standard InChI is InChI=1S/C17H16F3NO/c1-12-7-5-6-10-14(12)11-15(17(18,19)20)21-16(22)13-8-3-2-4-9-13/h2-10,15H,11H2,1H3,(H,21,22)/t15-/m1/s1. The first kappa shape index (κ1) is 16.1. The van der Waals surface area contributed by atoms with E-state index in [1.54, 1.807) is 49.4 Å². The molecule has 0 radical (unpaired) electrons. The van der Waals surface area contributed by atoms with Gasteiger partial charge < -0.3 is 5.32 Å². The average Bonchev–Trinajstić information content (AvgIpc) is 2.48. The molecule has 1 N–H and O–H groups in total. The van der Waals surface area contributed by atoms with Gasteiger partial charge in [0.2, 0.25) is 0 Å². The predicted molar refractivity (Wildman–Crippen MR) is 78.6 cm³/mol. The number of hydrogen-bond acceptors (Lipinski definition) is 1. The second kappa shape index (κ2) is 6.64. The summed E-state index contributed by atoms with van der Waals surface area (Å²) in [6, 6.07) is 12.8. The summed E-state index contributed by atoms with van der Waals surface area (Å²) in [7, 11) is 0. The zero-order valence-corrected chi connectivity index (χ0v) is 12.0. The first-order valence-electron chi connectivity index (χ1n) is 6.85. The van der Waals surface area contributed by atoms with Crippen LogP contribution >= 0.6 is 0 Å². The number of carbonyl (C=O) groups excluding carboxylic acids is 1. The summed E-state index contributed by atoms with van der Waals surface area (Å²) in [4.78, 5) is 12.0. The Labute approximate surface area is 127 Å². The third-order valence-corrected chi connectivity index (χ3v) is 3.42. The van der Waals surface area contributed by atoms with Gasteiger partial charge in [0.25, 0.3) is 5.91 Å². The van der Waals surface area contributed by atoms with Crippen molar-refractivity contribution in [1.29, 1.82) is 0 Å². The highest BCUT2D eigenvalue weighted by Gasteiger charge is 2.40. The molecule has 22 heavy (non-hydrogen) atoms. The van der Waals surface area contributed by atoms with Crippen LogP contribution in [0.25, 0.3) is 0 Å². The van der Waals surface area contributed by atoms with E-state index in [2.05, 4.69) is 5.32 Å². The van der Waals surface area contributed by atoms with Crippen molar-refractivity contribution in [3.63, 3.8) is 0 Å². The molecule has 0 spiro atoms. The summed E-state index contributed by atoms with van der Waals surface area (Å²) in [5, 5.41) is 2.09. The third kappa shape index (κ3) is 4.10. The number of nitrogens with one attached hydrogen (secondary N) is 1. The highest BCUT2D eigenvalue weighted by Crippen LogP contribution is 2.24. The van der Waals surface area contributed by atoms with Gasteiger partial charge in [-0.2, -0.15) is 13.2 Å². The highest BCUT2D eigenvalue weighted by atomic mass is 19.4. The summed E-state index contributed by atoms with van der Waals surface area (Å²) < 4.78 is 39.6. The van der Waals surface area contributed by atoms with Crippen LogP contribution in [0.15, 0.2) is 54.6 Å². The van der Waals surface area contributed by atoms with Gasteiger partial charge in [-0.05, 0) is 30.2 Å². The molecule has 0 aliphatic rings. The number of halogens is 3. The van der Waals surface area contributed by atoms with Gasteiger partial charge >= 0.3 is 6.18 Å². The van der Waals surface area contributed by atoms with Crippen molar-refractivity contribution in [3.8, 4) is 0 Å². The Bertz CT molecular complexity index is 638. The molecule has 116 valence electrons. The Morgan fingerprint density at radius 2 is 1.64 bits per heavy atom. The smallest absolute Gasteiger partial charge is 0.340 e. The van der Waals surface area contributed by atoms with Gasteiger partial charge in [0, 0.05) is 12.0 Å². The molecule has 0 unspecified atom stereocenters. The molecule has 0 aromatic heterocycles. The summed E-state index contributed by atoms with van der Waals surface area (Å²) in [6.07, 6.45) is -4.79. The van der Waals surface area contributed by atoms with Crippen molar-refractivity contribution in [1.82, 2.24) is 5.32 Å². The topological polar surface area (TPSA) is 29.1 Å². The van der Waals surface area contributed by atoms with Crippen LogP contribution in [0, 0.1) is 6.92 Å². The quantitative estimate of drug-likeness (QED) is 0.912. The first-order valence-corrected chi connectivity index (χ1v) is 6.85. The van der Waals surface area contributed by atoms with E-state index in [1.165, 1.54) is 12.1 Å². The van der Waals surface area contributed by atoms with Crippen LogP contribution in [0.1, 0.15) is 21.5 Å². The van der Waals surface area contributed by atoms with E-state index in [0.717, 1.165) is 5.56 Å². The molecule has 2 aromatic carbocycles. The summed E-state index contributed by atoms with van der Waals surface area (Å²) >= 11 is 0. The molecule has 0 aliphatic heterocycles. The van der Waals surface area contributed by atoms with E-state index in [0.29, 0.717) is 5.56 Å². The van der Waals surface area contributed by atoms with E-state index < -0.39 is 18.1 Å². The predicted octanol–water partition coefficient (Wildman–Crippen LogP) is 3.90. The largest absolute Gasteiger partial charge is 0.408 e. The first-order chi connectivity index (χ1) is 10.4. The molecular formula is C17H16F3NO. The fourth-order valence-electron chi connectivity index (χ4n) is 2.14. The fourth-order valence-corrected chi connectivity index (χ4v) is 2.14. The number of alkyl halides is 3. The number of aryl methyl sites for hydroxylation is 1. The van der Waals surface area contributed by atoms with Crippen LogP contribution < -0.4 is 5.32 Å². The molecule has 5 heteroatoms. The molecule has 0 saturated carbocycles. The van der Waals surface area contributed by atoms with Crippen molar-refractivity contribution in [2.75, 3.05) is 0 Å². The fraction of sp³-hybridized carbons (Fsp3) is 0.235. The van der Waals surface area contributed by atoms with Gasteiger partial charge in [-0.25, -0.2) is 0 Å². The van der Waals surface area contributed by atoms with E-state index in [9.17, 15) is 18.0 Å². The SMILES string of the molecule is Cc1ccccc1C[C@@H](NC(=O)c1ccccc1)C(F)(F)F. The molecule has 0 aliphatic carbocycles. The van der Waals surface area contributed by atoms with Crippen molar-refractivity contribution >= 4 is 5.91 Å². The van der Waals surface area contributed by atoms with Crippen molar-refractivity contribution in [2.45, 2.75) is 25.6 Å². The lowest BCUT2D eigenvalue weighted by atomic mass is 10.0. The average molecular weight is 307 g/mol. The lowest BCUT2D eigenvalue weighted by molar-refractivity contribution is -0.153. The number of hydrogen-bond donors (Lipinski definition) is 1. The van der Waals surface area contributed by atoms with Gasteiger partial charge in [-0.1, -0.05) is 42.5 Å². The maximum atomic E-state index is 13.2.